The molecule has 1 fully saturated rings. The number of rotatable bonds is 4. The first kappa shape index (κ1) is 18.0. The molecule has 1 aromatic rings. The van der Waals surface area contributed by atoms with Gasteiger partial charge in [-0.1, -0.05) is 29.3 Å². The van der Waals surface area contributed by atoms with Gasteiger partial charge in [-0.25, -0.2) is 8.42 Å². The van der Waals surface area contributed by atoms with E-state index in [9.17, 15) is 18.0 Å². The van der Waals surface area contributed by atoms with Crippen LogP contribution in [0, 0.1) is 0 Å². The Bertz CT molecular complexity index is 716. The molecule has 0 saturated carbocycles. The molecule has 1 atom stereocenters. The molecule has 0 aromatic heterocycles. The van der Waals surface area contributed by atoms with Crippen molar-refractivity contribution in [3.63, 3.8) is 0 Å². The molecule has 1 aliphatic rings. The third kappa shape index (κ3) is 4.59. The summed E-state index contributed by atoms with van der Waals surface area (Å²) in [5.74, 6) is -0.932. The number of amides is 2. The number of anilines is 1. The largest absolute Gasteiger partial charge is 0.330 e. The van der Waals surface area contributed by atoms with Gasteiger partial charge >= 0.3 is 0 Å². The van der Waals surface area contributed by atoms with Crippen LogP contribution in [0.25, 0.3) is 0 Å². The molecule has 0 aliphatic carbocycles. The van der Waals surface area contributed by atoms with Gasteiger partial charge in [-0.15, -0.1) is 0 Å². The van der Waals surface area contributed by atoms with Crippen LogP contribution < -0.4 is 5.32 Å². The number of nitrogens with zero attached hydrogens (tertiary/aromatic N) is 1. The van der Waals surface area contributed by atoms with Gasteiger partial charge in [-0.05, 0) is 18.6 Å². The quantitative estimate of drug-likeness (QED) is 0.867. The highest BCUT2D eigenvalue weighted by Crippen LogP contribution is 2.29. The molecule has 1 unspecified atom stereocenters. The van der Waals surface area contributed by atoms with Crippen molar-refractivity contribution in [3.05, 3.63) is 28.2 Å². The molecule has 6 nitrogen and oxygen atoms in total. The van der Waals surface area contributed by atoms with Crippen LogP contribution in [-0.2, 0) is 19.4 Å². The van der Waals surface area contributed by atoms with Gasteiger partial charge in [-0.2, -0.15) is 0 Å². The fraction of sp³-hybridized carbons (Fsp3) is 0.429. The first-order valence-corrected chi connectivity index (χ1v) is 9.49. The smallest absolute Gasteiger partial charge is 0.244 e. The summed E-state index contributed by atoms with van der Waals surface area (Å²) < 4.78 is 23.1. The van der Waals surface area contributed by atoms with Crippen LogP contribution in [-0.4, -0.2) is 49.2 Å². The van der Waals surface area contributed by atoms with E-state index in [0.717, 1.165) is 0 Å². The molecule has 0 radical (unpaired) electrons. The number of carbonyl (C=O) groups excluding carboxylic acids is 2. The standard InChI is InChI=1S/C14H16Cl2N2O4S/c1-9(19)18(10-5-6-23(21,22)8-10)7-13(20)17-14-11(15)3-2-4-12(14)16/h2-4,10H,5-8H2,1H3,(H,17,20). The molecule has 23 heavy (non-hydrogen) atoms. The van der Waals surface area contributed by atoms with E-state index in [1.165, 1.54) is 11.8 Å². The Hall–Kier alpha value is -1.31. The highest BCUT2D eigenvalue weighted by molar-refractivity contribution is 7.91. The van der Waals surface area contributed by atoms with E-state index >= 15 is 0 Å². The molecule has 2 rings (SSSR count). The Labute approximate surface area is 144 Å². The average molecular weight is 379 g/mol. The number of nitrogens with one attached hydrogen (secondary N) is 1. The minimum absolute atomic E-state index is 0.0272. The van der Waals surface area contributed by atoms with Crippen LogP contribution in [0.2, 0.25) is 10.0 Å². The zero-order valence-corrected chi connectivity index (χ0v) is 14.7. The minimum atomic E-state index is -3.15. The maximum Gasteiger partial charge on any atom is 0.244 e. The van der Waals surface area contributed by atoms with E-state index in [4.69, 9.17) is 23.2 Å². The number of hydrogen-bond acceptors (Lipinski definition) is 4. The van der Waals surface area contributed by atoms with Crippen LogP contribution in [0.3, 0.4) is 0 Å². The molecule has 126 valence electrons. The second-order valence-corrected chi connectivity index (χ2v) is 8.39. The van der Waals surface area contributed by atoms with E-state index < -0.39 is 21.8 Å². The summed E-state index contributed by atoms with van der Waals surface area (Å²) in [5.41, 5.74) is 0.267. The lowest BCUT2D eigenvalue weighted by Crippen LogP contribution is -2.44. The third-order valence-corrected chi connectivity index (χ3v) is 5.98. The maximum atomic E-state index is 12.2. The molecule has 9 heteroatoms. The van der Waals surface area contributed by atoms with Gasteiger partial charge in [0.1, 0.15) is 6.54 Å². The predicted octanol–water partition coefficient (Wildman–Crippen LogP) is 1.97. The molecule has 1 N–H and O–H groups in total. The summed E-state index contributed by atoms with van der Waals surface area (Å²) in [6.07, 6.45) is 0.335. The fourth-order valence-corrected chi connectivity index (χ4v) is 4.69. The van der Waals surface area contributed by atoms with Crippen molar-refractivity contribution >= 4 is 50.5 Å². The van der Waals surface area contributed by atoms with E-state index in [0.29, 0.717) is 6.42 Å². The van der Waals surface area contributed by atoms with Gasteiger partial charge in [0.2, 0.25) is 11.8 Å². The van der Waals surface area contributed by atoms with E-state index in [-0.39, 0.29) is 39.7 Å². The summed E-state index contributed by atoms with van der Waals surface area (Å²) in [5, 5.41) is 3.12. The van der Waals surface area contributed by atoms with Gasteiger partial charge in [0.25, 0.3) is 0 Å². The maximum absolute atomic E-state index is 12.2. The van der Waals surface area contributed by atoms with Crippen LogP contribution in [0.1, 0.15) is 13.3 Å². The number of benzene rings is 1. The summed E-state index contributed by atoms with van der Waals surface area (Å²) >= 11 is 12.0. The summed E-state index contributed by atoms with van der Waals surface area (Å²) in [7, 11) is -3.15. The van der Waals surface area contributed by atoms with Gasteiger partial charge < -0.3 is 10.2 Å². The van der Waals surface area contributed by atoms with Gasteiger partial charge in [0, 0.05) is 13.0 Å². The molecule has 0 bridgehead atoms. The second-order valence-electron chi connectivity index (χ2n) is 5.35. The summed E-state index contributed by atoms with van der Waals surface area (Å²) in [6, 6.07) is 4.32. The van der Waals surface area contributed by atoms with E-state index in [1.54, 1.807) is 18.2 Å². The lowest BCUT2D eigenvalue weighted by molar-refractivity contribution is -0.134. The van der Waals surface area contributed by atoms with E-state index in [2.05, 4.69) is 5.32 Å². The number of hydrogen-bond donors (Lipinski definition) is 1. The zero-order chi connectivity index (χ0) is 17.2. The number of halogens is 2. The first-order valence-electron chi connectivity index (χ1n) is 6.91. The van der Waals surface area contributed by atoms with Gasteiger partial charge in [-0.3, -0.25) is 9.59 Å². The highest BCUT2D eigenvalue weighted by Gasteiger charge is 2.34. The normalized spacial score (nSPS) is 19.3. The molecule has 1 saturated heterocycles. The molecule has 1 aliphatic heterocycles. The van der Waals surface area contributed by atoms with Crippen molar-refractivity contribution in [2.75, 3.05) is 23.4 Å². The van der Waals surface area contributed by atoms with Crippen molar-refractivity contribution in [1.29, 1.82) is 0 Å². The SMILES string of the molecule is CC(=O)N(CC(=O)Nc1c(Cl)cccc1Cl)C1CCS(=O)(=O)C1. The van der Waals surface area contributed by atoms with Crippen molar-refractivity contribution in [2.45, 2.75) is 19.4 Å². The Balaban J connectivity index is 2.09. The average Bonchev–Trinajstić information content (AvgIpc) is 2.80. The molecular formula is C14H16Cl2N2O4S. The molecule has 0 spiro atoms. The van der Waals surface area contributed by atoms with Gasteiger partial charge in [0.15, 0.2) is 9.84 Å². The second kappa shape index (κ2) is 7.07. The first-order chi connectivity index (χ1) is 10.7. The summed E-state index contributed by atoms with van der Waals surface area (Å²) in [4.78, 5) is 25.2. The number of carbonyl (C=O) groups is 2. The monoisotopic (exact) mass is 378 g/mol. The topological polar surface area (TPSA) is 83.6 Å². The lowest BCUT2D eigenvalue weighted by atomic mass is 10.2. The zero-order valence-electron chi connectivity index (χ0n) is 12.4. The van der Waals surface area contributed by atoms with Crippen molar-refractivity contribution < 1.29 is 18.0 Å². The molecular weight excluding hydrogens is 363 g/mol. The third-order valence-electron chi connectivity index (χ3n) is 3.59. The highest BCUT2D eigenvalue weighted by atomic mass is 35.5. The van der Waals surface area contributed by atoms with E-state index in [1.807, 2.05) is 0 Å². The van der Waals surface area contributed by atoms with Crippen LogP contribution in [0.15, 0.2) is 18.2 Å². The van der Waals surface area contributed by atoms with Crippen LogP contribution in [0.5, 0.6) is 0 Å². The Morgan fingerprint density at radius 2 is 1.91 bits per heavy atom. The van der Waals surface area contributed by atoms with Crippen LogP contribution >= 0.6 is 23.2 Å². The molecule has 1 heterocycles. The minimum Gasteiger partial charge on any atom is -0.330 e. The lowest BCUT2D eigenvalue weighted by Gasteiger charge is -2.26. The Kier molecular flexibility index (Phi) is 5.54. The Morgan fingerprint density at radius 1 is 1.30 bits per heavy atom. The summed E-state index contributed by atoms with van der Waals surface area (Å²) in [6.45, 7) is 1.05. The number of sulfone groups is 1. The van der Waals surface area contributed by atoms with Crippen molar-refractivity contribution in [3.8, 4) is 0 Å². The predicted molar refractivity (Wildman–Crippen MR) is 89.5 cm³/mol. The van der Waals surface area contributed by atoms with Gasteiger partial charge in [0.05, 0.1) is 27.2 Å². The van der Waals surface area contributed by atoms with Crippen molar-refractivity contribution in [1.82, 2.24) is 4.90 Å². The molecule has 2 amide bonds. The van der Waals surface area contributed by atoms with Crippen molar-refractivity contribution in [2.24, 2.45) is 0 Å². The Morgan fingerprint density at radius 3 is 2.39 bits per heavy atom. The fourth-order valence-electron chi connectivity index (χ4n) is 2.47. The van der Waals surface area contributed by atoms with Crippen LogP contribution in [0.4, 0.5) is 5.69 Å². The number of para-hydroxylation sites is 1. The molecule has 1 aromatic carbocycles.